The van der Waals surface area contributed by atoms with Gasteiger partial charge in [0.1, 0.15) is 0 Å². The molecule has 3 rings (SSSR count). The first-order valence-corrected chi connectivity index (χ1v) is 8.22. The van der Waals surface area contributed by atoms with E-state index in [2.05, 4.69) is 43.4 Å². The van der Waals surface area contributed by atoms with Crippen LogP contribution >= 0.6 is 0 Å². The zero-order valence-electron chi connectivity index (χ0n) is 12.8. The molecule has 110 valence electrons. The molecule has 1 aromatic rings. The lowest BCUT2D eigenvalue weighted by atomic mass is 9.70. The number of hydrogen-bond donors (Lipinski definition) is 1. The molecule has 20 heavy (non-hydrogen) atoms. The number of fused-ring (bicyclic) bond motifs is 2. The summed E-state index contributed by atoms with van der Waals surface area (Å²) in [5.74, 6) is 0.671. The van der Waals surface area contributed by atoms with Crippen molar-refractivity contribution in [3.63, 3.8) is 0 Å². The summed E-state index contributed by atoms with van der Waals surface area (Å²) in [4.78, 5) is 0. The Balaban J connectivity index is 1.86. The second-order valence-corrected chi connectivity index (χ2v) is 6.51. The molecule has 2 heteroatoms. The first-order chi connectivity index (χ1) is 9.75. The Morgan fingerprint density at radius 3 is 3.00 bits per heavy atom. The minimum atomic E-state index is -0.0211. The van der Waals surface area contributed by atoms with Crippen LogP contribution in [0, 0.1) is 0 Å². The lowest BCUT2D eigenvalue weighted by molar-refractivity contribution is -0.106. The second kappa shape index (κ2) is 5.87. The quantitative estimate of drug-likeness (QED) is 0.900. The van der Waals surface area contributed by atoms with Crippen molar-refractivity contribution in [3.05, 3.63) is 35.4 Å². The van der Waals surface area contributed by atoms with Crippen LogP contribution < -0.4 is 5.32 Å². The molecule has 0 bridgehead atoms. The van der Waals surface area contributed by atoms with E-state index < -0.39 is 0 Å². The number of hydrogen-bond acceptors (Lipinski definition) is 2. The predicted molar refractivity (Wildman–Crippen MR) is 83.0 cm³/mol. The lowest BCUT2D eigenvalue weighted by Crippen LogP contribution is -2.47. The van der Waals surface area contributed by atoms with E-state index in [1.807, 2.05) is 0 Å². The van der Waals surface area contributed by atoms with Crippen LogP contribution in [0.4, 0.5) is 0 Å². The van der Waals surface area contributed by atoms with Gasteiger partial charge in [-0.05, 0) is 55.7 Å². The molecule has 1 saturated heterocycles. The zero-order valence-corrected chi connectivity index (χ0v) is 12.8. The predicted octanol–water partition coefficient (Wildman–Crippen LogP) is 3.96. The van der Waals surface area contributed by atoms with Crippen molar-refractivity contribution in [1.29, 1.82) is 0 Å². The third-order valence-corrected chi connectivity index (χ3v) is 5.07. The van der Waals surface area contributed by atoms with Gasteiger partial charge in [0.05, 0.1) is 5.60 Å². The van der Waals surface area contributed by atoms with Gasteiger partial charge in [-0.15, -0.1) is 0 Å². The summed E-state index contributed by atoms with van der Waals surface area (Å²) >= 11 is 0. The maximum atomic E-state index is 6.35. The summed E-state index contributed by atoms with van der Waals surface area (Å²) in [7, 11) is 0. The highest BCUT2D eigenvalue weighted by Crippen LogP contribution is 2.47. The van der Waals surface area contributed by atoms with Crippen molar-refractivity contribution in [2.45, 2.75) is 63.5 Å². The standard InChI is InChI=1S/C18H27NO/c1-3-11-19-15-9-12-20-18(13-15)10-8-14(2)16-6-4-5-7-17(16)18/h4-7,14-15,19H,3,8-13H2,1-2H3. The van der Waals surface area contributed by atoms with Gasteiger partial charge in [0.25, 0.3) is 0 Å². The van der Waals surface area contributed by atoms with Crippen LogP contribution in [0.25, 0.3) is 0 Å². The van der Waals surface area contributed by atoms with Crippen molar-refractivity contribution >= 4 is 0 Å². The maximum absolute atomic E-state index is 6.35. The van der Waals surface area contributed by atoms with Crippen molar-refractivity contribution in [1.82, 2.24) is 5.32 Å². The average molecular weight is 273 g/mol. The number of rotatable bonds is 3. The van der Waals surface area contributed by atoms with E-state index in [1.165, 1.54) is 30.4 Å². The zero-order chi connectivity index (χ0) is 14.0. The van der Waals surface area contributed by atoms with Gasteiger partial charge in [-0.2, -0.15) is 0 Å². The van der Waals surface area contributed by atoms with Gasteiger partial charge in [-0.3, -0.25) is 0 Å². The molecule has 1 aliphatic carbocycles. The molecule has 1 spiro atoms. The molecule has 2 nitrogen and oxygen atoms in total. The fraction of sp³-hybridized carbons (Fsp3) is 0.667. The number of nitrogens with one attached hydrogen (secondary N) is 1. The largest absolute Gasteiger partial charge is 0.370 e. The SMILES string of the molecule is CCCNC1CCOC2(CCC(C)c3ccccc32)C1. The van der Waals surface area contributed by atoms with Gasteiger partial charge >= 0.3 is 0 Å². The first-order valence-electron chi connectivity index (χ1n) is 8.22. The highest BCUT2D eigenvalue weighted by molar-refractivity contribution is 5.38. The van der Waals surface area contributed by atoms with Crippen molar-refractivity contribution in [3.8, 4) is 0 Å². The van der Waals surface area contributed by atoms with Crippen LogP contribution in [-0.4, -0.2) is 19.2 Å². The second-order valence-electron chi connectivity index (χ2n) is 6.51. The molecular formula is C18H27NO. The lowest BCUT2D eigenvalue weighted by Gasteiger charge is -2.46. The Hall–Kier alpha value is -0.860. The molecule has 1 aliphatic heterocycles. The molecule has 0 radical (unpaired) electrons. The Bertz CT molecular complexity index is 458. The van der Waals surface area contributed by atoms with Gasteiger partial charge < -0.3 is 10.1 Å². The van der Waals surface area contributed by atoms with Crippen LogP contribution in [0.5, 0.6) is 0 Å². The summed E-state index contributed by atoms with van der Waals surface area (Å²) in [6.07, 6.45) is 5.92. The highest BCUT2D eigenvalue weighted by atomic mass is 16.5. The minimum absolute atomic E-state index is 0.0211. The van der Waals surface area contributed by atoms with E-state index in [-0.39, 0.29) is 5.60 Å². The van der Waals surface area contributed by atoms with Crippen LogP contribution in [0.2, 0.25) is 0 Å². The van der Waals surface area contributed by atoms with Gasteiger partial charge in [0.2, 0.25) is 0 Å². The Morgan fingerprint density at radius 2 is 2.15 bits per heavy atom. The summed E-state index contributed by atoms with van der Waals surface area (Å²) in [6, 6.07) is 9.56. The molecule has 0 aromatic heterocycles. The van der Waals surface area contributed by atoms with E-state index in [0.717, 1.165) is 26.0 Å². The number of benzene rings is 1. The van der Waals surface area contributed by atoms with E-state index in [9.17, 15) is 0 Å². The fourth-order valence-electron chi connectivity index (χ4n) is 3.92. The van der Waals surface area contributed by atoms with Gasteiger partial charge in [0, 0.05) is 12.6 Å². The molecule has 2 aliphatic rings. The molecule has 1 heterocycles. The van der Waals surface area contributed by atoms with Crippen molar-refractivity contribution < 1.29 is 4.74 Å². The summed E-state index contributed by atoms with van der Waals surface area (Å²) < 4.78 is 6.35. The highest BCUT2D eigenvalue weighted by Gasteiger charge is 2.43. The van der Waals surface area contributed by atoms with Gasteiger partial charge in [0.15, 0.2) is 0 Å². The molecule has 1 fully saturated rings. The van der Waals surface area contributed by atoms with E-state index >= 15 is 0 Å². The molecule has 1 N–H and O–H groups in total. The number of ether oxygens (including phenoxy) is 1. The minimum Gasteiger partial charge on any atom is -0.370 e. The Morgan fingerprint density at radius 1 is 1.30 bits per heavy atom. The van der Waals surface area contributed by atoms with E-state index in [4.69, 9.17) is 4.74 Å². The van der Waals surface area contributed by atoms with Crippen LogP contribution in [0.1, 0.15) is 63.0 Å². The smallest absolute Gasteiger partial charge is 0.0949 e. The summed E-state index contributed by atoms with van der Waals surface area (Å²) in [5, 5.41) is 3.70. The van der Waals surface area contributed by atoms with Crippen LogP contribution in [0.15, 0.2) is 24.3 Å². The fourth-order valence-corrected chi connectivity index (χ4v) is 3.92. The Labute approximate surface area is 122 Å². The molecule has 3 unspecified atom stereocenters. The summed E-state index contributed by atoms with van der Waals surface area (Å²) in [6.45, 7) is 6.60. The first kappa shape index (κ1) is 14.1. The molecule has 0 saturated carbocycles. The third kappa shape index (κ3) is 2.51. The Kier molecular flexibility index (Phi) is 4.13. The van der Waals surface area contributed by atoms with E-state index in [0.29, 0.717) is 12.0 Å². The van der Waals surface area contributed by atoms with Gasteiger partial charge in [-0.1, -0.05) is 38.1 Å². The topological polar surface area (TPSA) is 21.3 Å². The van der Waals surface area contributed by atoms with Crippen molar-refractivity contribution in [2.75, 3.05) is 13.2 Å². The monoisotopic (exact) mass is 273 g/mol. The molecule has 3 atom stereocenters. The van der Waals surface area contributed by atoms with Crippen LogP contribution in [0.3, 0.4) is 0 Å². The summed E-state index contributed by atoms with van der Waals surface area (Å²) in [5.41, 5.74) is 2.95. The molecular weight excluding hydrogens is 246 g/mol. The molecule has 0 amide bonds. The van der Waals surface area contributed by atoms with Crippen LogP contribution in [-0.2, 0) is 10.3 Å². The molecule has 1 aromatic carbocycles. The maximum Gasteiger partial charge on any atom is 0.0949 e. The average Bonchev–Trinajstić information content (AvgIpc) is 2.50. The third-order valence-electron chi connectivity index (χ3n) is 5.07. The van der Waals surface area contributed by atoms with E-state index in [1.54, 1.807) is 0 Å². The van der Waals surface area contributed by atoms with Crippen molar-refractivity contribution in [2.24, 2.45) is 0 Å². The van der Waals surface area contributed by atoms with Gasteiger partial charge in [-0.25, -0.2) is 0 Å². The normalized spacial score (nSPS) is 33.1.